The molecule has 0 saturated carbocycles. The van der Waals surface area contributed by atoms with Crippen LogP contribution in [0.5, 0.6) is 0 Å². The number of ether oxygens (including phenoxy) is 6. The van der Waals surface area contributed by atoms with Crippen LogP contribution in [0, 0.1) is 0 Å². The van der Waals surface area contributed by atoms with E-state index in [0.717, 1.165) is 22.3 Å². The maximum absolute atomic E-state index is 6.64. The number of hydrogen-bond acceptors (Lipinski definition) is 6. The third-order valence-electron chi connectivity index (χ3n) is 7.18. The topological polar surface area (TPSA) is 55.4 Å². The van der Waals surface area contributed by atoms with Crippen LogP contribution in [-0.4, -0.2) is 37.3 Å². The van der Waals surface area contributed by atoms with Crippen molar-refractivity contribution in [3.8, 4) is 0 Å². The van der Waals surface area contributed by atoms with Crippen LogP contribution in [0.1, 0.15) is 28.5 Å². The van der Waals surface area contributed by atoms with Gasteiger partial charge in [-0.15, -0.1) is 0 Å². The summed E-state index contributed by atoms with van der Waals surface area (Å²) < 4.78 is 38.8. The molecule has 0 aromatic heterocycles. The molecule has 4 aromatic rings. The highest BCUT2D eigenvalue weighted by Crippen LogP contribution is 2.37. The van der Waals surface area contributed by atoms with Gasteiger partial charge < -0.3 is 28.4 Å². The van der Waals surface area contributed by atoms with Crippen LogP contribution in [0.3, 0.4) is 0 Å². The second kappa shape index (κ2) is 13.3. The second-order valence-electron chi connectivity index (χ2n) is 10.0. The molecule has 2 fully saturated rings. The average molecular weight is 539 g/mol. The molecule has 0 amide bonds. The molecule has 0 aliphatic carbocycles. The van der Waals surface area contributed by atoms with Crippen LogP contribution >= 0.6 is 0 Å². The van der Waals surface area contributed by atoms with Gasteiger partial charge in [0, 0.05) is 5.56 Å². The molecule has 2 unspecified atom stereocenters. The molecule has 0 spiro atoms. The molecule has 2 aliphatic heterocycles. The summed E-state index contributed by atoms with van der Waals surface area (Å²) in [4.78, 5) is 0. The maximum Gasteiger partial charge on any atom is 0.187 e. The van der Waals surface area contributed by atoms with Crippen molar-refractivity contribution in [2.75, 3.05) is 6.61 Å². The zero-order valence-corrected chi connectivity index (χ0v) is 22.3. The van der Waals surface area contributed by atoms with Crippen LogP contribution in [0.15, 0.2) is 121 Å². The van der Waals surface area contributed by atoms with Crippen LogP contribution < -0.4 is 0 Å². The molecule has 0 N–H and O–H groups in total. The van der Waals surface area contributed by atoms with E-state index >= 15 is 0 Å². The first kappa shape index (κ1) is 26.8. The van der Waals surface area contributed by atoms with Crippen molar-refractivity contribution in [3.05, 3.63) is 144 Å². The van der Waals surface area contributed by atoms with Gasteiger partial charge in [0.05, 0.1) is 26.4 Å². The Kier molecular flexibility index (Phi) is 8.95. The molecule has 0 radical (unpaired) electrons. The predicted octanol–water partition coefficient (Wildman–Crippen LogP) is 6.21. The molecule has 2 heterocycles. The van der Waals surface area contributed by atoms with Crippen molar-refractivity contribution in [1.82, 2.24) is 0 Å². The Bertz CT molecular complexity index is 1290. The highest BCUT2D eigenvalue weighted by Gasteiger charge is 2.51. The van der Waals surface area contributed by atoms with E-state index in [1.165, 1.54) is 0 Å². The van der Waals surface area contributed by atoms with Gasteiger partial charge >= 0.3 is 0 Å². The Morgan fingerprint density at radius 2 is 1.00 bits per heavy atom. The first-order valence-electron chi connectivity index (χ1n) is 13.8. The minimum atomic E-state index is -0.675. The average Bonchev–Trinajstić information content (AvgIpc) is 3.03. The van der Waals surface area contributed by atoms with Crippen LogP contribution in [0.2, 0.25) is 0 Å². The molecular formula is C34H34O6. The molecule has 4 aromatic carbocycles. The van der Waals surface area contributed by atoms with E-state index in [-0.39, 0.29) is 6.10 Å². The van der Waals surface area contributed by atoms with Crippen molar-refractivity contribution in [2.24, 2.45) is 0 Å². The van der Waals surface area contributed by atoms with Gasteiger partial charge in [0.1, 0.15) is 24.4 Å². The van der Waals surface area contributed by atoms with Crippen LogP contribution in [0.4, 0.5) is 0 Å². The molecule has 6 nitrogen and oxygen atoms in total. The minimum Gasteiger partial charge on any atom is -0.368 e. The maximum atomic E-state index is 6.64. The van der Waals surface area contributed by atoms with Crippen molar-refractivity contribution < 1.29 is 28.4 Å². The van der Waals surface area contributed by atoms with Gasteiger partial charge in [-0.2, -0.15) is 0 Å². The lowest BCUT2D eigenvalue weighted by molar-refractivity contribution is -0.374. The fraction of sp³-hybridized carbons (Fsp3) is 0.294. The molecule has 0 bridgehead atoms. The zero-order chi connectivity index (χ0) is 27.0. The number of fused-ring (bicyclic) bond motifs is 1. The predicted molar refractivity (Wildman–Crippen MR) is 150 cm³/mol. The minimum absolute atomic E-state index is 0.353. The zero-order valence-electron chi connectivity index (χ0n) is 22.3. The number of hydrogen-bond donors (Lipinski definition) is 0. The largest absolute Gasteiger partial charge is 0.368 e. The number of rotatable bonds is 10. The highest BCUT2D eigenvalue weighted by atomic mass is 16.8. The Hall–Kier alpha value is -3.36. The van der Waals surface area contributed by atoms with Gasteiger partial charge in [-0.05, 0) is 16.7 Å². The molecule has 2 saturated heterocycles. The smallest absolute Gasteiger partial charge is 0.187 e. The third-order valence-corrected chi connectivity index (χ3v) is 7.18. The van der Waals surface area contributed by atoms with Gasteiger partial charge in [0.15, 0.2) is 12.6 Å². The summed E-state index contributed by atoms with van der Waals surface area (Å²) in [6.45, 7) is 1.53. The monoisotopic (exact) mass is 538 g/mol. The molecule has 6 heteroatoms. The van der Waals surface area contributed by atoms with E-state index in [4.69, 9.17) is 28.4 Å². The molecule has 206 valence electrons. The SMILES string of the molecule is c1ccc(COC2O[C@@H]3COC(c4ccccc4)O[C@@H]3[C@H](OCc3ccccc3)[C@H]2OCc2ccccc2)cc1. The summed E-state index contributed by atoms with van der Waals surface area (Å²) in [5, 5.41) is 0. The normalized spacial score (nSPS) is 26.2. The van der Waals surface area contributed by atoms with E-state index in [2.05, 4.69) is 12.1 Å². The summed E-state index contributed by atoms with van der Waals surface area (Å²) in [7, 11) is 0. The Balaban J connectivity index is 1.27. The van der Waals surface area contributed by atoms with Gasteiger partial charge in [-0.3, -0.25) is 0 Å². The van der Waals surface area contributed by atoms with Gasteiger partial charge in [-0.25, -0.2) is 0 Å². The Morgan fingerprint density at radius 3 is 1.55 bits per heavy atom. The van der Waals surface area contributed by atoms with Crippen LogP contribution in [-0.2, 0) is 48.2 Å². The lowest BCUT2D eigenvalue weighted by Gasteiger charge is -2.49. The fourth-order valence-corrected chi connectivity index (χ4v) is 5.11. The summed E-state index contributed by atoms with van der Waals surface area (Å²) >= 11 is 0. The van der Waals surface area contributed by atoms with Crippen molar-refractivity contribution in [3.63, 3.8) is 0 Å². The number of benzene rings is 4. The summed E-state index contributed by atoms with van der Waals surface area (Å²) in [5.74, 6) is 0. The van der Waals surface area contributed by atoms with Gasteiger partial charge in [0.2, 0.25) is 0 Å². The van der Waals surface area contributed by atoms with Gasteiger partial charge in [0.25, 0.3) is 0 Å². The van der Waals surface area contributed by atoms with Crippen molar-refractivity contribution in [1.29, 1.82) is 0 Å². The Morgan fingerprint density at radius 1 is 0.525 bits per heavy atom. The van der Waals surface area contributed by atoms with E-state index in [0.29, 0.717) is 26.4 Å². The Labute approximate surface area is 235 Å². The van der Waals surface area contributed by atoms with E-state index in [9.17, 15) is 0 Å². The van der Waals surface area contributed by atoms with Crippen molar-refractivity contribution in [2.45, 2.75) is 56.8 Å². The second-order valence-corrected chi connectivity index (χ2v) is 10.0. The van der Waals surface area contributed by atoms with E-state index in [1.54, 1.807) is 0 Å². The van der Waals surface area contributed by atoms with E-state index < -0.39 is 30.9 Å². The molecule has 2 aliphatic rings. The lowest BCUT2D eigenvalue weighted by Crippen LogP contribution is -2.63. The summed E-state index contributed by atoms with van der Waals surface area (Å²) in [5.41, 5.74) is 4.13. The first-order chi connectivity index (χ1) is 19.8. The quantitative estimate of drug-likeness (QED) is 0.239. The highest BCUT2D eigenvalue weighted by molar-refractivity contribution is 5.18. The molecule has 40 heavy (non-hydrogen) atoms. The molecule has 6 atom stereocenters. The summed E-state index contributed by atoms with van der Waals surface area (Å²) in [6.07, 6.45) is -2.99. The molecular weight excluding hydrogens is 504 g/mol. The first-order valence-corrected chi connectivity index (χ1v) is 13.8. The lowest BCUT2D eigenvalue weighted by atomic mass is 9.97. The standard InChI is InChI=1S/C34H34O6/c1-5-13-25(14-6-1)21-35-31-30-29(24-38-33(40-30)28-19-11-4-12-20-28)39-34(37-23-27-17-9-3-10-18-27)32(31)36-22-26-15-7-2-8-16-26/h1-20,29-34H,21-24H2/t29-,30+,31+,32-,33?,34?/m1/s1. The summed E-state index contributed by atoms with van der Waals surface area (Å²) in [6, 6.07) is 40.2. The van der Waals surface area contributed by atoms with Crippen molar-refractivity contribution >= 4 is 0 Å². The van der Waals surface area contributed by atoms with Crippen LogP contribution in [0.25, 0.3) is 0 Å². The fourth-order valence-electron chi connectivity index (χ4n) is 5.11. The molecule has 6 rings (SSSR count). The van der Waals surface area contributed by atoms with Gasteiger partial charge in [-0.1, -0.05) is 121 Å². The van der Waals surface area contributed by atoms with E-state index in [1.807, 2.05) is 109 Å². The third kappa shape index (κ3) is 6.67.